The largest absolute Gasteiger partial charge is 0.325 e. The molecule has 1 heterocycles. The minimum Gasteiger partial charge on any atom is -0.325 e. The van der Waals surface area contributed by atoms with E-state index in [4.69, 9.17) is 0 Å². The number of nitrogens with one attached hydrogen (secondary N) is 1. The van der Waals surface area contributed by atoms with Gasteiger partial charge in [0.2, 0.25) is 5.91 Å². The third-order valence-corrected chi connectivity index (χ3v) is 3.94. The minimum atomic E-state index is -0.775. The maximum absolute atomic E-state index is 12.5. The summed E-state index contributed by atoms with van der Waals surface area (Å²) in [4.78, 5) is 12.5. The first-order chi connectivity index (χ1) is 9.20. The van der Waals surface area contributed by atoms with Crippen molar-refractivity contribution in [3.05, 3.63) is 42.5 Å². The third kappa shape index (κ3) is 1.94. The lowest BCUT2D eigenvalue weighted by atomic mass is 9.67. The van der Waals surface area contributed by atoms with E-state index in [1.54, 1.807) is 0 Å². The Kier molecular flexibility index (Phi) is 3.71. The Labute approximate surface area is 113 Å². The number of benzene rings is 1. The van der Waals surface area contributed by atoms with Gasteiger partial charge in [0.1, 0.15) is 0 Å². The summed E-state index contributed by atoms with van der Waals surface area (Å²) in [6, 6.07) is 9.82. The average molecular weight is 254 g/mol. The fourth-order valence-electron chi connectivity index (χ4n) is 3.01. The first kappa shape index (κ1) is 13.4. The van der Waals surface area contributed by atoms with Gasteiger partial charge in [-0.25, -0.2) is 0 Å². The number of anilines is 1. The predicted octanol–water partition coefficient (Wildman–Crippen LogP) is 3.39. The summed E-state index contributed by atoms with van der Waals surface area (Å²) in [7, 11) is 0. The second kappa shape index (κ2) is 5.27. The van der Waals surface area contributed by atoms with Crippen molar-refractivity contribution in [1.29, 1.82) is 5.26 Å². The van der Waals surface area contributed by atoms with Gasteiger partial charge in [0.15, 0.2) is 0 Å². The van der Waals surface area contributed by atoms with Gasteiger partial charge in [-0.2, -0.15) is 5.26 Å². The monoisotopic (exact) mass is 254 g/mol. The number of carbonyl (C=O) groups excluding carboxylic acids is 1. The SMILES string of the molecule is C=C[C@H](CCC)[C@@]1(CC#N)C(=O)Nc2ccccc21. The van der Waals surface area contributed by atoms with Crippen molar-refractivity contribution in [2.24, 2.45) is 5.92 Å². The number of carbonyl (C=O) groups is 1. The molecule has 19 heavy (non-hydrogen) atoms. The Morgan fingerprint density at radius 2 is 2.26 bits per heavy atom. The lowest BCUT2D eigenvalue weighted by Gasteiger charge is -2.32. The quantitative estimate of drug-likeness (QED) is 0.819. The van der Waals surface area contributed by atoms with E-state index in [1.165, 1.54) is 0 Å². The molecule has 0 aromatic heterocycles. The zero-order valence-corrected chi connectivity index (χ0v) is 11.1. The molecule has 0 bridgehead atoms. The molecule has 0 unspecified atom stereocenters. The first-order valence-corrected chi connectivity index (χ1v) is 6.61. The number of allylic oxidation sites excluding steroid dienone is 1. The van der Waals surface area contributed by atoms with E-state index in [2.05, 4.69) is 24.9 Å². The summed E-state index contributed by atoms with van der Waals surface area (Å²) in [5, 5.41) is 12.1. The van der Waals surface area contributed by atoms with Gasteiger partial charge in [-0.1, -0.05) is 37.6 Å². The molecule has 2 rings (SSSR count). The van der Waals surface area contributed by atoms with Crippen LogP contribution in [0.3, 0.4) is 0 Å². The second-order valence-electron chi connectivity index (χ2n) is 4.94. The molecular formula is C16H18N2O. The van der Waals surface area contributed by atoms with Gasteiger partial charge in [0, 0.05) is 5.69 Å². The van der Waals surface area contributed by atoms with Crippen LogP contribution in [0.4, 0.5) is 5.69 Å². The van der Waals surface area contributed by atoms with Gasteiger partial charge in [-0.15, -0.1) is 6.58 Å². The van der Waals surface area contributed by atoms with Crippen LogP contribution >= 0.6 is 0 Å². The van der Waals surface area contributed by atoms with E-state index in [0.29, 0.717) is 0 Å². The molecule has 0 spiro atoms. The number of para-hydroxylation sites is 1. The van der Waals surface area contributed by atoms with E-state index >= 15 is 0 Å². The van der Waals surface area contributed by atoms with Crippen LogP contribution in [-0.2, 0) is 10.2 Å². The summed E-state index contributed by atoms with van der Waals surface area (Å²) in [6.07, 6.45) is 3.82. The molecule has 2 atom stereocenters. The standard InChI is InChI=1S/C16H18N2O/c1-3-7-12(4-2)16(10-11-17)13-8-5-6-9-14(13)18-15(16)19/h4-6,8-9,12H,2-3,7,10H2,1H3,(H,18,19)/t12-,16-/m1/s1. The number of fused-ring (bicyclic) bond motifs is 1. The summed E-state index contributed by atoms with van der Waals surface area (Å²) in [5.41, 5.74) is 0.980. The Morgan fingerprint density at radius 3 is 2.89 bits per heavy atom. The lowest BCUT2D eigenvalue weighted by Crippen LogP contribution is -2.41. The number of amides is 1. The molecule has 1 aliphatic rings. The van der Waals surface area contributed by atoms with Crippen molar-refractivity contribution >= 4 is 11.6 Å². The number of hydrogen-bond acceptors (Lipinski definition) is 2. The van der Waals surface area contributed by atoms with E-state index in [-0.39, 0.29) is 18.2 Å². The van der Waals surface area contributed by atoms with Crippen molar-refractivity contribution in [1.82, 2.24) is 0 Å². The molecule has 3 heteroatoms. The van der Waals surface area contributed by atoms with Crippen molar-refractivity contribution in [2.75, 3.05) is 5.32 Å². The van der Waals surface area contributed by atoms with Crippen LogP contribution in [0.5, 0.6) is 0 Å². The minimum absolute atomic E-state index is 0.0131. The summed E-state index contributed by atoms with van der Waals surface area (Å²) < 4.78 is 0. The number of hydrogen-bond donors (Lipinski definition) is 1. The van der Waals surface area contributed by atoms with Gasteiger partial charge in [-0.05, 0) is 24.0 Å². The number of nitrogens with zero attached hydrogens (tertiary/aromatic N) is 1. The molecule has 1 amide bonds. The summed E-state index contributed by atoms with van der Waals surface area (Å²) >= 11 is 0. The highest BCUT2D eigenvalue weighted by atomic mass is 16.2. The normalized spacial score (nSPS) is 22.2. The highest BCUT2D eigenvalue weighted by molar-refractivity contribution is 6.06. The Morgan fingerprint density at radius 1 is 1.53 bits per heavy atom. The van der Waals surface area contributed by atoms with E-state index < -0.39 is 5.41 Å². The fraction of sp³-hybridized carbons (Fsp3) is 0.375. The van der Waals surface area contributed by atoms with Gasteiger partial charge >= 0.3 is 0 Å². The molecule has 0 fully saturated rings. The van der Waals surface area contributed by atoms with Gasteiger partial charge in [0.25, 0.3) is 0 Å². The first-order valence-electron chi connectivity index (χ1n) is 6.61. The van der Waals surface area contributed by atoms with Crippen LogP contribution in [0.2, 0.25) is 0 Å². The molecule has 1 N–H and O–H groups in total. The van der Waals surface area contributed by atoms with Gasteiger partial charge in [0.05, 0.1) is 17.9 Å². The van der Waals surface area contributed by atoms with Crippen LogP contribution in [0.15, 0.2) is 36.9 Å². The smallest absolute Gasteiger partial charge is 0.236 e. The van der Waals surface area contributed by atoms with Crippen molar-refractivity contribution in [2.45, 2.75) is 31.6 Å². The highest BCUT2D eigenvalue weighted by Gasteiger charge is 2.50. The van der Waals surface area contributed by atoms with Crippen LogP contribution in [-0.4, -0.2) is 5.91 Å². The molecule has 1 aromatic carbocycles. The Hall–Kier alpha value is -2.08. The fourth-order valence-corrected chi connectivity index (χ4v) is 3.01. The van der Waals surface area contributed by atoms with E-state index in [0.717, 1.165) is 24.1 Å². The Balaban J connectivity index is 2.59. The zero-order chi connectivity index (χ0) is 13.9. The molecule has 0 saturated carbocycles. The van der Waals surface area contributed by atoms with Crippen molar-refractivity contribution < 1.29 is 4.79 Å². The molecule has 3 nitrogen and oxygen atoms in total. The number of nitriles is 1. The van der Waals surface area contributed by atoms with Gasteiger partial charge < -0.3 is 5.32 Å². The lowest BCUT2D eigenvalue weighted by molar-refractivity contribution is -0.122. The van der Waals surface area contributed by atoms with Crippen LogP contribution in [0.1, 0.15) is 31.7 Å². The molecule has 0 saturated heterocycles. The number of rotatable bonds is 5. The molecule has 1 aromatic rings. The maximum atomic E-state index is 12.5. The topological polar surface area (TPSA) is 52.9 Å². The highest BCUT2D eigenvalue weighted by Crippen LogP contribution is 2.47. The molecule has 1 aliphatic heterocycles. The van der Waals surface area contributed by atoms with E-state index in [9.17, 15) is 10.1 Å². The second-order valence-corrected chi connectivity index (χ2v) is 4.94. The predicted molar refractivity (Wildman–Crippen MR) is 75.6 cm³/mol. The van der Waals surface area contributed by atoms with Gasteiger partial charge in [-0.3, -0.25) is 4.79 Å². The summed E-state index contributed by atoms with van der Waals surface area (Å²) in [6.45, 7) is 5.95. The Bertz CT molecular complexity index is 544. The molecule has 0 aliphatic carbocycles. The molecule has 0 radical (unpaired) electrons. The maximum Gasteiger partial charge on any atom is 0.236 e. The average Bonchev–Trinajstić information content (AvgIpc) is 2.70. The summed E-state index contributed by atoms with van der Waals surface area (Å²) in [5.74, 6) is -0.0885. The van der Waals surface area contributed by atoms with Crippen molar-refractivity contribution in [3.63, 3.8) is 0 Å². The van der Waals surface area contributed by atoms with E-state index in [1.807, 2.05) is 30.3 Å². The third-order valence-electron chi connectivity index (χ3n) is 3.94. The van der Waals surface area contributed by atoms with Crippen molar-refractivity contribution in [3.8, 4) is 6.07 Å². The van der Waals surface area contributed by atoms with Crippen LogP contribution < -0.4 is 5.32 Å². The van der Waals surface area contributed by atoms with Crippen LogP contribution in [0.25, 0.3) is 0 Å². The van der Waals surface area contributed by atoms with Crippen LogP contribution in [0, 0.1) is 17.2 Å². The zero-order valence-electron chi connectivity index (χ0n) is 11.1. The molecule has 98 valence electrons. The molecular weight excluding hydrogens is 236 g/mol.